The lowest BCUT2D eigenvalue weighted by atomic mass is 10.2. The summed E-state index contributed by atoms with van der Waals surface area (Å²) >= 11 is 0. The van der Waals surface area contributed by atoms with Crippen molar-refractivity contribution in [3.63, 3.8) is 0 Å². The van der Waals surface area contributed by atoms with Gasteiger partial charge in [-0.3, -0.25) is 9.59 Å². The molecule has 2 aromatic rings. The van der Waals surface area contributed by atoms with Crippen molar-refractivity contribution in [2.24, 2.45) is 0 Å². The molecule has 1 fully saturated rings. The Kier molecular flexibility index (Phi) is 6.75. The van der Waals surface area contributed by atoms with Crippen LogP contribution in [0.15, 0.2) is 48.5 Å². The van der Waals surface area contributed by atoms with Crippen molar-refractivity contribution in [2.75, 3.05) is 32.8 Å². The second kappa shape index (κ2) is 9.45. The van der Waals surface area contributed by atoms with Crippen LogP contribution in [0.5, 0.6) is 11.5 Å². The minimum absolute atomic E-state index is 0.000461. The molecule has 3 rings (SSSR count). The van der Waals surface area contributed by atoms with Crippen molar-refractivity contribution in [1.82, 2.24) is 9.80 Å². The summed E-state index contributed by atoms with van der Waals surface area (Å²) in [6, 6.07) is 15.2. The van der Waals surface area contributed by atoms with Crippen LogP contribution in [0.4, 0.5) is 0 Å². The molecule has 1 heterocycles. The number of hydrogen-bond donors (Lipinski definition) is 0. The molecule has 0 N–H and O–H groups in total. The van der Waals surface area contributed by atoms with Gasteiger partial charge in [0.1, 0.15) is 11.5 Å². The highest BCUT2D eigenvalue weighted by atomic mass is 16.5. The summed E-state index contributed by atoms with van der Waals surface area (Å²) in [6.45, 7) is 7.33. The first-order valence-electron chi connectivity index (χ1n) is 9.90. The Morgan fingerprint density at radius 3 is 1.90 bits per heavy atom. The molecule has 0 aromatic heterocycles. The van der Waals surface area contributed by atoms with E-state index < -0.39 is 0 Å². The molecule has 1 atom stereocenters. The first-order valence-corrected chi connectivity index (χ1v) is 9.90. The number of rotatable bonds is 6. The molecule has 154 valence electrons. The Balaban J connectivity index is 1.48. The van der Waals surface area contributed by atoms with E-state index in [1.54, 1.807) is 9.80 Å². The molecule has 0 unspecified atom stereocenters. The van der Waals surface area contributed by atoms with Crippen molar-refractivity contribution in [3.8, 4) is 11.5 Å². The minimum Gasteiger partial charge on any atom is -0.484 e. The third-order valence-electron chi connectivity index (χ3n) is 5.19. The maximum atomic E-state index is 12.6. The van der Waals surface area contributed by atoms with E-state index >= 15 is 0 Å². The minimum atomic E-state index is -0.0702. The second-order valence-electron chi connectivity index (χ2n) is 7.38. The van der Waals surface area contributed by atoms with Crippen molar-refractivity contribution in [2.45, 2.75) is 26.8 Å². The molecule has 0 aliphatic carbocycles. The topological polar surface area (TPSA) is 59.1 Å². The largest absolute Gasteiger partial charge is 0.484 e. The fourth-order valence-electron chi connectivity index (χ4n) is 3.44. The fourth-order valence-corrected chi connectivity index (χ4v) is 3.44. The molecule has 0 bridgehead atoms. The van der Waals surface area contributed by atoms with Gasteiger partial charge in [0.2, 0.25) is 0 Å². The van der Waals surface area contributed by atoms with Crippen LogP contribution in [0.25, 0.3) is 0 Å². The Labute approximate surface area is 172 Å². The van der Waals surface area contributed by atoms with E-state index in [1.165, 1.54) is 0 Å². The van der Waals surface area contributed by atoms with Gasteiger partial charge in [0, 0.05) is 25.7 Å². The van der Waals surface area contributed by atoms with Gasteiger partial charge in [-0.1, -0.05) is 36.4 Å². The number of piperazine rings is 1. The summed E-state index contributed by atoms with van der Waals surface area (Å²) in [5.74, 6) is 1.30. The molecule has 2 amide bonds. The van der Waals surface area contributed by atoms with Crippen molar-refractivity contribution in [1.29, 1.82) is 0 Å². The lowest BCUT2D eigenvalue weighted by Crippen LogP contribution is -2.57. The molecular weight excluding hydrogens is 368 g/mol. The van der Waals surface area contributed by atoms with Crippen molar-refractivity contribution >= 4 is 11.8 Å². The standard InChI is InChI=1S/C23H28N2O4/c1-17-8-4-6-10-20(17)28-15-22(26)24-12-13-25(19(3)14-24)23(27)16-29-21-11-7-5-9-18(21)2/h4-11,19H,12-16H2,1-3H3/t19-/m1/s1. The number of nitrogens with zero attached hydrogens (tertiary/aromatic N) is 2. The first-order chi connectivity index (χ1) is 14.0. The van der Waals surface area contributed by atoms with Gasteiger partial charge in [0.15, 0.2) is 13.2 Å². The predicted octanol–water partition coefficient (Wildman–Crippen LogP) is 2.82. The van der Waals surface area contributed by atoms with Crippen LogP contribution in [0.2, 0.25) is 0 Å². The average Bonchev–Trinajstić information content (AvgIpc) is 2.72. The summed E-state index contributed by atoms with van der Waals surface area (Å²) < 4.78 is 11.3. The van der Waals surface area contributed by atoms with E-state index in [9.17, 15) is 9.59 Å². The monoisotopic (exact) mass is 396 g/mol. The zero-order valence-corrected chi connectivity index (χ0v) is 17.3. The number of carbonyl (C=O) groups excluding carboxylic acids is 2. The molecule has 0 saturated carbocycles. The molecular formula is C23H28N2O4. The number of para-hydroxylation sites is 2. The molecule has 0 radical (unpaired) electrons. The summed E-state index contributed by atoms with van der Waals surface area (Å²) in [6.07, 6.45) is 0. The predicted molar refractivity (Wildman–Crippen MR) is 111 cm³/mol. The van der Waals surface area contributed by atoms with E-state index in [-0.39, 0.29) is 31.1 Å². The first kappa shape index (κ1) is 20.7. The number of aryl methyl sites for hydroxylation is 2. The normalized spacial score (nSPS) is 16.4. The number of ether oxygens (including phenoxy) is 2. The summed E-state index contributed by atoms with van der Waals surface area (Å²) in [5, 5.41) is 0. The van der Waals surface area contributed by atoms with Crippen LogP contribution in [-0.4, -0.2) is 60.5 Å². The molecule has 1 saturated heterocycles. The maximum Gasteiger partial charge on any atom is 0.260 e. The molecule has 2 aromatic carbocycles. The maximum absolute atomic E-state index is 12.6. The highest BCUT2D eigenvalue weighted by Crippen LogP contribution is 2.18. The van der Waals surface area contributed by atoms with Crippen molar-refractivity contribution < 1.29 is 19.1 Å². The van der Waals surface area contributed by atoms with E-state index in [0.29, 0.717) is 19.6 Å². The van der Waals surface area contributed by atoms with Gasteiger partial charge >= 0.3 is 0 Å². The zero-order chi connectivity index (χ0) is 20.8. The van der Waals surface area contributed by atoms with E-state index in [0.717, 1.165) is 22.6 Å². The quantitative estimate of drug-likeness (QED) is 0.753. The van der Waals surface area contributed by atoms with Crippen LogP contribution in [0.3, 0.4) is 0 Å². The van der Waals surface area contributed by atoms with E-state index in [1.807, 2.05) is 69.3 Å². The highest BCUT2D eigenvalue weighted by Gasteiger charge is 2.30. The molecule has 6 nitrogen and oxygen atoms in total. The zero-order valence-electron chi connectivity index (χ0n) is 17.3. The highest BCUT2D eigenvalue weighted by molar-refractivity contribution is 5.80. The third kappa shape index (κ3) is 5.28. The average molecular weight is 396 g/mol. The Hall–Kier alpha value is -3.02. The molecule has 0 spiro atoms. The fraction of sp³-hybridized carbons (Fsp3) is 0.391. The van der Waals surface area contributed by atoms with Gasteiger partial charge in [-0.15, -0.1) is 0 Å². The van der Waals surface area contributed by atoms with Crippen LogP contribution < -0.4 is 9.47 Å². The number of benzene rings is 2. The third-order valence-corrected chi connectivity index (χ3v) is 5.19. The lowest BCUT2D eigenvalue weighted by Gasteiger charge is -2.39. The number of amides is 2. The lowest BCUT2D eigenvalue weighted by molar-refractivity contribution is -0.144. The number of hydrogen-bond acceptors (Lipinski definition) is 4. The van der Waals surface area contributed by atoms with Gasteiger partial charge < -0.3 is 19.3 Å². The Bertz CT molecular complexity index is 867. The van der Waals surface area contributed by atoms with Gasteiger partial charge in [0.25, 0.3) is 11.8 Å². The summed E-state index contributed by atoms with van der Waals surface area (Å²) in [5.41, 5.74) is 2.00. The van der Waals surface area contributed by atoms with Gasteiger partial charge in [0.05, 0.1) is 0 Å². The van der Waals surface area contributed by atoms with Gasteiger partial charge in [-0.25, -0.2) is 0 Å². The van der Waals surface area contributed by atoms with Crippen LogP contribution in [0, 0.1) is 13.8 Å². The van der Waals surface area contributed by atoms with Crippen molar-refractivity contribution in [3.05, 3.63) is 59.7 Å². The molecule has 1 aliphatic heterocycles. The molecule has 1 aliphatic rings. The van der Waals surface area contributed by atoms with Crippen LogP contribution in [-0.2, 0) is 9.59 Å². The smallest absolute Gasteiger partial charge is 0.260 e. The molecule has 6 heteroatoms. The van der Waals surface area contributed by atoms with Crippen LogP contribution >= 0.6 is 0 Å². The van der Waals surface area contributed by atoms with E-state index in [2.05, 4.69) is 0 Å². The summed E-state index contributed by atoms with van der Waals surface area (Å²) in [4.78, 5) is 28.7. The van der Waals surface area contributed by atoms with Gasteiger partial charge in [-0.2, -0.15) is 0 Å². The second-order valence-corrected chi connectivity index (χ2v) is 7.38. The SMILES string of the molecule is Cc1ccccc1OCC(=O)N1CCN(C(=O)COc2ccccc2C)[C@H](C)C1. The summed E-state index contributed by atoms with van der Waals surface area (Å²) in [7, 11) is 0. The Morgan fingerprint density at radius 2 is 1.38 bits per heavy atom. The molecule has 29 heavy (non-hydrogen) atoms. The number of carbonyl (C=O) groups is 2. The van der Waals surface area contributed by atoms with Crippen LogP contribution in [0.1, 0.15) is 18.1 Å². The van der Waals surface area contributed by atoms with Gasteiger partial charge in [-0.05, 0) is 44.0 Å². The van der Waals surface area contributed by atoms with E-state index in [4.69, 9.17) is 9.47 Å². The Morgan fingerprint density at radius 1 is 0.862 bits per heavy atom.